The van der Waals surface area contributed by atoms with Crippen LogP contribution in [0.15, 0.2) is 17.2 Å². The number of hydrazone groups is 1. The molecule has 0 unspecified atom stereocenters. The maximum absolute atomic E-state index is 5.22. The van der Waals surface area contributed by atoms with Gasteiger partial charge in [-0.15, -0.1) is 5.10 Å². The number of hydrogen-bond acceptors (Lipinski definition) is 4. The average molecular weight is 209 g/mol. The molecule has 0 spiro atoms. The fraction of sp³-hybridized carbons (Fsp3) is 0.250. The van der Waals surface area contributed by atoms with Crippen LogP contribution in [-0.2, 0) is 0 Å². The Kier molecular flexibility index (Phi) is 3.47. The second-order valence-corrected chi connectivity index (χ2v) is 3.17. The molecule has 0 saturated carbocycles. The number of thiocarbonyl (C=S) groups is 1. The van der Waals surface area contributed by atoms with Gasteiger partial charge in [0.05, 0.1) is 11.4 Å². The largest absolute Gasteiger partial charge is 0.375 e. The lowest BCUT2D eigenvalue weighted by atomic mass is 10.3. The van der Waals surface area contributed by atoms with Crippen LogP contribution in [0.25, 0.3) is 0 Å². The van der Waals surface area contributed by atoms with Gasteiger partial charge in [0, 0.05) is 0 Å². The van der Waals surface area contributed by atoms with Crippen LogP contribution in [0.1, 0.15) is 18.3 Å². The lowest BCUT2D eigenvalue weighted by Crippen LogP contribution is -2.25. The molecular formula is C8H11N5S. The van der Waals surface area contributed by atoms with E-state index in [1.165, 1.54) is 0 Å². The van der Waals surface area contributed by atoms with Crippen LogP contribution in [0.2, 0.25) is 0 Å². The zero-order chi connectivity index (χ0) is 10.6. The van der Waals surface area contributed by atoms with Crippen LogP contribution < -0.4 is 11.2 Å². The average Bonchev–Trinajstić information content (AvgIpc) is 2.15. The Hall–Kier alpha value is -1.56. The van der Waals surface area contributed by atoms with Crippen LogP contribution in [-0.4, -0.2) is 21.0 Å². The van der Waals surface area contributed by atoms with Crippen molar-refractivity contribution in [2.75, 3.05) is 0 Å². The molecule has 5 nitrogen and oxygen atoms in total. The smallest absolute Gasteiger partial charge is 0.184 e. The summed E-state index contributed by atoms with van der Waals surface area (Å²) in [6.07, 6.45) is 0. The zero-order valence-corrected chi connectivity index (χ0v) is 8.80. The molecule has 14 heavy (non-hydrogen) atoms. The molecule has 0 amide bonds. The van der Waals surface area contributed by atoms with Crippen LogP contribution in [0, 0.1) is 6.92 Å². The molecule has 0 saturated heterocycles. The van der Waals surface area contributed by atoms with Gasteiger partial charge in [-0.25, -0.2) is 0 Å². The van der Waals surface area contributed by atoms with Crippen LogP contribution in [0.5, 0.6) is 0 Å². The Morgan fingerprint density at radius 3 is 2.71 bits per heavy atom. The standard InChI is InChI=1S/C8H11N5S/c1-5-3-4-7(12-10-5)6(2)11-13-8(9)14/h3-4H,1-2H3,(H3,9,13,14)/b11-6+. The first-order valence-electron chi connectivity index (χ1n) is 4.00. The van der Waals surface area contributed by atoms with Crippen molar-refractivity contribution >= 4 is 23.0 Å². The molecule has 0 aliphatic heterocycles. The molecule has 0 radical (unpaired) electrons. The summed E-state index contributed by atoms with van der Waals surface area (Å²) in [5.41, 5.74) is 9.95. The first kappa shape index (κ1) is 10.5. The highest BCUT2D eigenvalue weighted by molar-refractivity contribution is 7.80. The predicted molar refractivity (Wildman–Crippen MR) is 58.9 cm³/mol. The van der Waals surface area contributed by atoms with E-state index in [4.69, 9.17) is 5.73 Å². The van der Waals surface area contributed by atoms with E-state index >= 15 is 0 Å². The minimum Gasteiger partial charge on any atom is -0.375 e. The van der Waals surface area contributed by atoms with Gasteiger partial charge in [-0.2, -0.15) is 10.2 Å². The Morgan fingerprint density at radius 1 is 1.50 bits per heavy atom. The van der Waals surface area contributed by atoms with Crippen molar-refractivity contribution in [1.82, 2.24) is 15.6 Å². The van der Waals surface area contributed by atoms with Gasteiger partial charge in [-0.05, 0) is 38.2 Å². The third-order valence-corrected chi connectivity index (χ3v) is 1.59. The third-order valence-electron chi connectivity index (χ3n) is 1.50. The maximum Gasteiger partial charge on any atom is 0.184 e. The van der Waals surface area contributed by atoms with Crippen molar-refractivity contribution in [3.63, 3.8) is 0 Å². The highest BCUT2D eigenvalue weighted by Crippen LogP contribution is 1.96. The molecule has 6 heteroatoms. The van der Waals surface area contributed by atoms with Gasteiger partial charge in [0.25, 0.3) is 0 Å². The molecule has 3 N–H and O–H groups in total. The minimum atomic E-state index is 0.129. The van der Waals surface area contributed by atoms with E-state index in [2.05, 4.69) is 32.9 Å². The highest BCUT2D eigenvalue weighted by atomic mass is 32.1. The molecule has 1 aromatic heterocycles. The summed E-state index contributed by atoms with van der Waals surface area (Å²) in [5, 5.41) is 11.9. The van der Waals surface area contributed by atoms with E-state index in [0.29, 0.717) is 11.4 Å². The normalized spacial score (nSPS) is 11.1. The Balaban J connectivity index is 2.78. The SMILES string of the molecule is C/C(=N\NC(N)=S)c1ccc(C)nn1. The van der Waals surface area contributed by atoms with E-state index in [1.54, 1.807) is 6.92 Å². The Bertz CT molecular complexity index is 356. The number of nitrogens with one attached hydrogen (secondary N) is 1. The lowest BCUT2D eigenvalue weighted by Gasteiger charge is -2.00. The fourth-order valence-corrected chi connectivity index (χ4v) is 0.834. The van der Waals surface area contributed by atoms with E-state index in [9.17, 15) is 0 Å². The van der Waals surface area contributed by atoms with Gasteiger partial charge in [0.15, 0.2) is 5.11 Å². The molecule has 74 valence electrons. The van der Waals surface area contributed by atoms with Crippen LogP contribution in [0.3, 0.4) is 0 Å². The summed E-state index contributed by atoms with van der Waals surface area (Å²) in [6, 6.07) is 3.70. The van der Waals surface area contributed by atoms with E-state index in [1.807, 2.05) is 19.1 Å². The van der Waals surface area contributed by atoms with Crippen molar-refractivity contribution in [3.8, 4) is 0 Å². The van der Waals surface area contributed by atoms with Crippen LogP contribution >= 0.6 is 12.2 Å². The quantitative estimate of drug-likeness (QED) is 0.417. The molecule has 0 aromatic carbocycles. The number of nitrogens with zero attached hydrogens (tertiary/aromatic N) is 3. The van der Waals surface area contributed by atoms with E-state index in [-0.39, 0.29) is 5.11 Å². The monoisotopic (exact) mass is 209 g/mol. The van der Waals surface area contributed by atoms with Crippen LogP contribution in [0.4, 0.5) is 0 Å². The zero-order valence-electron chi connectivity index (χ0n) is 7.98. The second-order valence-electron chi connectivity index (χ2n) is 2.73. The summed E-state index contributed by atoms with van der Waals surface area (Å²) in [6.45, 7) is 3.67. The van der Waals surface area contributed by atoms with Crippen molar-refractivity contribution in [3.05, 3.63) is 23.5 Å². The Labute approximate surface area is 87.4 Å². The Morgan fingerprint density at radius 2 is 2.21 bits per heavy atom. The predicted octanol–water partition coefficient (Wildman–Crippen LogP) is 0.342. The summed E-state index contributed by atoms with van der Waals surface area (Å²) in [7, 11) is 0. The molecule has 0 bridgehead atoms. The van der Waals surface area contributed by atoms with Crippen molar-refractivity contribution < 1.29 is 0 Å². The molecule has 0 aliphatic rings. The first-order chi connectivity index (χ1) is 6.59. The van der Waals surface area contributed by atoms with Gasteiger partial charge >= 0.3 is 0 Å². The molecule has 1 rings (SSSR count). The molecule has 0 fully saturated rings. The van der Waals surface area contributed by atoms with Gasteiger partial charge in [-0.3, -0.25) is 5.43 Å². The summed E-state index contributed by atoms with van der Waals surface area (Å²) in [5.74, 6) is 0. The molecule has 1 aromatic rings. The minimum absolute atomic E-state index is 0.129. The maximum atomic E-state index is 5.22. The topological polar surface area (TPSA) is 76.2 Å². The number of aromatic nitrogens is 2. The van der Waals surface area contributed by atoms with Crippen molar-refractivity contribution in [2.45, 2.75) is 13.8 Å². The summed E-state index contributed by atoms with van der Waals surface area (Å²) < 4.78 is 0. The fourth-order valence-electron chi connectivity index (χ4n) is 0.788. The highest BCUT2D eigenvalue weighted by Gasteiger charge is 1.99. The van der Waals surface area contributed by atoms with Gasteiger partial charge in [0.1, 0.15) is 5.69 Å². The number of hydrogen-bond donors (Lipinski definition) is 2. The van der Waals surface area contributed by atoms with Gasteiger partial charge < -0.3 is 5.73 Å². The summed E-state index contributed by atoms with van der Waals surface area (Å²) >= 11 is 4.61. The molecular weight excluding hydrogens is 198 g/mol. The van der Waals surface area contributed by atoms with Gasteiger partial charge in [0.2, 0.25) is 0 Å². The number of nitrogens with two attached hydrogens (primary N) is 1. The van der Waals surface area contributed by atoms with Gasteiger partial charge in [-0.1, -0.05) is 0 Å². The third kappa shape index (κ3) is 3.06. The second kappa shape index (κ2) is 4.61. The first-order valence-corrected chi connectivity index (χ1v) is 4.41. The number of rotatable bonds is 2. The van der Waals surface area contributed by atoms with Crippen molar-refractivity contribution in [2.24, 2.45) is 10.8 Å². The molecule has 0 atom stereocenters. The lowest BCUT2D eigenvalue weighted by molar-refractivity contribution is 0.956. The van der Waals surface area contributed by atoms with E-state index < -0.39 is 0 Å². The number of aryl methyl sites for hydroxylation is 1. The molecule has 0 aliphatic carbocycles. The molecule has 1 heterocycles. The summed E-state index contributed by atoms with van der Waals surface area (Å²) in [4.78, 5) is 0. The van der Waals surface area contributed by atoms with Crippen molar-refractivity contribution in [1.29, 1.82) is 0 Å². The van der Waals surface area contributed by atoms with E-state index in [0.717, 1.165) is 5.69 Å².